The Kier molecular flexibility index (Phi) is 6.05. The highest BCUT2D eigenvalue weighted by molar-refractivity contribution is 5.93. The average Bonchev–Trinajstić information content (AvgIpc) is 3.26. The summed E-state index contributed by atoms with van der Waals surface area (Å²) in [5.74, 6) is 0.605. The molecule has 1 aliphatic rings. The maximum Gasteiger partial charge on any atom is 0.289 e. The molecule has 1 saturated heterocycles. The molecule has 0 unspecified atom stereocenters. The number of carbonyl (C=O) groups is 2. The lowest BCUT2D eigenvalue weighted by Crippen LogP contribution is -2.50. The van der Waals surface area contributed by atoms with Gasteiger partial charge in [-0.2, -0.15) is 0 Å². The topological polar surface area (TPSA) is 82.8 Å². The lowest BCUT2D eigenvalue weighted by molar-refractivity contribution is 0.0515. The number of hydrogen-bond acceptors (Lipinski definition) is 6. The van der Waals surface area contributed by atoms with Crippen molar-refractivity contribution in [3.05, 3.63) is 42.1 Å². The van der Waals surface area contributed by atoms with Crippen molar-refractivity contribution in [3.63, 3.8) is 0 Å². The molecule has 0 spiro atoms. The minimum Gasteiger partial charge on any atom is -0.459 e. The second kappa shape index (κ2) is 8.66. The molecule has 1 fully saturated rings. The number of carbonyl (C=O) groups excluding carboxylic acids is 2. The Morgan fingerprint density at radius 2 is 1.85 bits per heavy atom. The van der Waals surface area contributed by atoms with Crippen LogP contribution < -0.4 is 4.90 Å². The maximum atomic E-state index is 12.8. The molecule has 8 nitrogen and oxygen atoms in total. The molecular weight excluding hydrogens is 346 g/mol. The van der Waals surface area contributed by atoms with Gasteiger partial charge in [-0.25, -0.2) is 9.97 Å². The van der Waals surface area contributed by atoms with Crippen LogP contribution in [-0.2, 0) is 0 Å². The molecule has 3 heterocycles. The van der Waals surface area contributed by atoms with Crippen LogP contribution in [0, 0.1) is 0 Å². The van der Waals surface area contributed by atoms with Crippen molar-refractivity contribution in [1.29, 1.82) is 0 Å². The third kappa shape index (κ3) is 4.45. The second-order valence-electron chi connectivity index (χ2n) is 6.58. The summed E-state index contributed by atoms with van der Waals surface area (Å²) in [5.41, 5.74) is 0.383. The van der Waals surface area contributed by atoms with Gasteiger partial charge in [0.15, 0.2) is 5.76 Å². The van der Waals surface area contributed by atoms with E-state index in [9.17, 15) is 9.59 Å². The molecular formula is C19H25N5O3. The zero-order valence-corrected chi connectivity index (χ0v) is 15.8. The van der Waals surface area contributed by atoms with Crippen molar-refractivity contribution < 1.29 is 14.0 Å². The third-order valence-electron chi connectivity index (χ3n) is 4.64. The Morgan fingerprint density at radius 1 is 1.15 bits per heavy atom. The summed E-state index contributed by atoms with van der Waals surface area (Å²) in [6.45, 7) is 4.86. The highest BCUT2D eigenvalue weighted by atomic mass is 16.3. The highest BCUT2D eigenvalue weighted by Crippen LogP contribution is 2.13. The second-order valence-corrected chi connectivity index (χ2v) is 6.58. The fourth-order valence-corrected chi connectivity index (χ4v) is 2.98. The van der Waals surface area contributed by atoms with Gasteiger partial charge in [-0.05, 0) is 24.6 Å². The Hall–Kier alpha value is -2.90. The van der Waals surface area contributed by atoms with Crippen LogP contribution in [0.1, 0.15) is 40.8 Å². The van der Waals surface area contributed by atoms with Crippen LogP contribution in [0.4, 0.5) is 5.95 Å². The van der Waals surface area contributed by atoms with Gasteiger partial charge in [-0.3, -0.25) is 9.59 Å². The average molecular weight is 371 g/mol. The molecule has 0 aromatic carbocycles. The quantitative estimate of drug-likeness (QED) is 0.771. The summed E-state index contributed by atoms with van der Waals surface area (Å²) in [4.78, 5) is 39.2. The van der Waals surface area contributed by atoms with Crippen LogP contribution >= 0.6 is 0 Å². The van der Waals surface area contributed by atoms with Crippen LogP contribution in [0.15, 0.2) is 35.1 Å². The molecule has 3 rings (SSSR count). The van der Waals surface area contributed by atoms with Gasteiger partial charge in [0.1, 0.15) is 5.69 Å². The van der Waals surface area contributed by atoms with E-state index in [0.717, 1.165) is 19.4 Å². The van der Waals surface area contributed by atoms with Gasteiger partial charge in [0, 0.05) is 46.0 Å². The Labute approximate surface area is 158 Å². The molecule has 8 heteroatoms. The molecule has 2 aromatic heterocycles. The van der Waals surface area contributed by atoms with Crippen LogP contribution in [-0.4, -0.2) is 71.4 Å². The van der Waals surface area contributed by atoms with Gasteiger partial charge in [-0.15, -0.1) is 0 Å². The first-order valence-electron chi connectivity index (χ1n) is 9.26. The minimum absolute atomic E-state index is 0.132. The number of unbranched alkanes of at least 4 members (excludes halogenated alkanes) is 1. The number of nitrogens with zero attached hydrogens (tertiary/aromatic N) is 5. The molecule has 0 saturated carbocycles. The number of amides is 2. The van der Waals surface area contributed by atoms with E-state index in [-0.39, 0.29) is 11.8 Å². The third-order valence-corrected chi connectivity index (χ3v) is 4.64. The summed E-state index contributed by atoms with van der Waals surface area (Å²) in [6, 6.07) is 4.98. The molecule has 1 aliphatic heterocycles. The van der Waals surface area contributed by atoms with Crippen molar-refractivity contribution in [3.8, 4) is 0 Å². The first-order chi connectivity index (χ1) is 13.1. The number of hydrogen-bond donors (Lipinski definition) is 0. The molecule has 0 radical (unpaired) electrons. The molecule has 0 atom stereocenters. The van der Waals surface area contributed by atoms with Crippen molar-refractivity contribution in [2.75, 3.05) is 44.7 Å². The molecule has 2 aromatic rings. The van der Waals surface area contributed by atoms with Crippen molar-refractivity contribution in [2.24, 2.45) is 0 Å². The van der Waals surface area contributed by atoms with Gasteiger partial charge in [0.05, 0.1) is 6.26 Å². The van der Waals surface area contributed by atoms with E-state index in [1.807, 2.05) is 11.9 Å². The zero-order chi connectivity index (χ0) is 19.2. The number of piperazine rings is 1. The van der Waals surface area contributed by atoms with Gasteiger partial charge in [0.25, 0.3) is 11.8 Å². The monoisotopic (exact) mass is 371 g/mol. The van der Waals surface area contributed by atoms with E-state index < -0.39 is 0 Å². The smallest absolute Gasteiger partial charge is 0.289 e. The van der Waals surface area contributed by atoms with Gasteiger partial charge in [-0.1, -0.05) is 13.3 Å². The summed E-state index contributed by atoms with van der Waals surface area (Å²) in [6.07, 6.45) is 5.24. The standard InChI is InChI=1S/C19H25N5O3/c1-3-4-9-22(2)19-20-8-7-15(21-19)17(25)23-10-12-24(13-11-23)18(26)16-6-5-14-27-16/h5-8,14H,3-4,9-13H2,1-2H3. The van der Waals surface area contributed by atoms with Crippen molar-refractivity contribution in [2.45, 2.75) is 19.8 Å². The Bertz CT molecular complexity index is 769. The zero-order valence-electron chi connectivity index (χ0n) is 15.8. The van der Waals surface area contributed by atoms with Crippen molar-refractivity contribution in [1.82, 2.24) is 19.8 Å². The van der Waals surface area contributed by atoms with E-state index in [2.05, 4.69) is 16.9 Å². The van der Waals surface area contributed by atoms with Gasteiger partial charge >= 0.3 is 0 Å². The molecule has 0 aliphatic carbocycles. The molecule has 0 N–H and O–H groups in total. The Balaban J connectivity index is 1.60. The van der Waals surface area contributed by atoms with Gasteiger partial charge in [0.2, 0.25) is 5.95 Å². The van der Waals surface area contributed by atoms with E-state index in [0.29, 0.717) is 43.6 Å². The predicted molar refractivity (Wildman–Crippen MR) is 101 cm³/mol. The first-order valence-corrected chi connectivity index (χ1v) is 9.26. The number of anilines is 1. The van der Waals surface area contributed by atoms with Gasteiger partial charge < -0.3 is 19.1 Å². The van der Waals surface area contributed by atoms with Crippen LogP contribution in [0.25, 0.3) is 0 Å². The summed E-state index contributed by atoms with van der Waals surface area (Å²) in [5, 5.41) is 0. The largest absolute Gasteiger partial charge is 0.459 e. The number of rotatable bonds is 6. The Morgan fingerprint density at radius 3 is 2.48 bits per heavy atom. The highest BCUT2D eigenvalue weighted by Gasteiger charge is 2.27. The lowest BCUT2D eigenvalue weighted by atomic mass is 10.2. The summed E-state index contributed by atoms with van der Waals surface area (Å²) >= 11 is 0. The fraction of sp³-hybridized carbons (Fsp3) is 0.474. The number of furan rings is 1. The summed E-state index contributed by atoms with van der Waals surface area (Å²) in [7, 11) is 1.93. The molecule has 0 bridgehead atoms. The first kappa shape index (κ1) is 18.9. The summed E-state index contributed by atoms with van der Waals surface area (Å²) < 4.78 is 5.16. The lowest BCUT2D eigenvalue weighted by Gasteiger charge is -2.34. The maximum absolute atomic E-state index is 12.8. The molecule has 27 heavy (non-hydrogen) atoms. The minimum atomic E-state index is -0.144. The van der Waals surface area contributed by atoms with Crippen molar-refractivity contribution >= 4 is 17.8 Å². The normalized spacial score (nSPS) is 14.3. The van der Waals surface area contributed by atoms with E-state index in [4.69, 9.17) is 4.42 Å². The number of aromatic nitrogens is 2. The van der Waals surface area contributed by atoms with E-state index in [1.54, 1.807) is 34.2 Å². The van der Waals surface area contributed by atoms with Crippen LogP contribution in [0.3, 0.4) is 0 Å². The fourth-order valence-electron chi connectivity index (χ4n) is 2.98. The van der Waals surface area contributed by atoms with Crippen LogP contribution in [0.5, 0.6) is 0 Å². The van der Waals surface area contributed by atoms with E-state index in [1.165, 1.54) is 6.26 Å². The molecule has 2 amide bonds. The van der Waals surface area contributed by atoms with Crippen LogP contribution in [0.2, 0.25) is 0 Å². The predicted octanol–water partition coefficient (Wildman–Crippen LogP) is 1.90. The molecule has 144 valence electrons. The van der Waals surface area contributed by atoms with E-state index >= 15 is 0 Å². The SMILES string of the molecule is CCCCN(C)c1nccc(C(=O)N2CCN(C(=O)c3ccco3)CC2)n1.